The Labute approximate surface area is 113 Å². The molecule has 0 N–H and O–H groups in total. The summed E-state index contributed by atoms with van der Waals surface area (Å²) in [6, 6.07) is 8.98. The Kier molecular flexibility index (Phi) is 4.05. The average molecular weight is 258 g/mol. The normalized spacial score (nSPS) is 21.4. The van der Waals surface area contributed by atoms with Gasteiger partial charge in [0.15, 0.2) is 0 Å². The maximum Gasteiger partial charge on any atom is 0.338 e. The fourth-order valence-electron chi connectivity index (χ4n) is 2.12. The van der Waals surface area contributed by atoms with E-state index in [4.69, 9.17) is 9.47 Å². The summed E-state index contributed by atoms with van der Waals surface area (Å²) in [6.07, 6.45) is 5.08. The van der Waals surface area contributed by atoms with Crippen molar-refractivity contribution >= 4 is 5.97 Å². The van der Waals surface area contributed by atoms with Crippen LogP contribution in [0.15, 0.2) is 54.8 Å². The van der Waals surface area contributed by atoms with Crippen LogP contribution in [0.5, 0.6) is 0 Å². The number of hydrogen-bond donors (Lipinski definition) is 0. The molecule has 0 aromatic heterocycles. The molecule has 1 aromatic carbocycles. The van der Waals surface area contributed by atoms with E-state index in [1.54, 1.807) is 18.4 Å². The molecule has 1 atom stereocenters. The van der Waals surface area contributed by atoms with Crippen molar-refractivity contribution in [3.05, 3.63) is 60.4 Å². The van der Waals surface area contributed by atoms with E-state index in [0.717, 1.165) is 18.4 Å². The lowest BCUT2D eigenvalue weighted by Crippen LogP contribution is -2.22. The largest absolute Gasteiger partial charge is 0.494 e. The lowest BCUT2D eigenvalue weighted by Gasteiger charge is -2.21. The average Bonchev–Trinajstić information content (AvgIpc) is 2.79. The van der Waals surface area contributed by atoms with Gasteiger partial charge in [0, 0.05) is 18.4 Å². The fourth-order valence-corrected chi connectivity index (χ4v) is 2.12. The van der Waals surface area contributed by atoms with Crippen LogP contribution >= 0.6 is 0 Å². The molecule has 1 aliphatic heterocycles. The second-order valence-electron chi connectivity index (χ2n) is 4.96. The first-order valence-electron chi connectivity index (χ1n) is 6.32. The Morgan fingerprint density at radius 1 is 1.47 bits per heavy atom. The van der Waals surface area contributed by atoms with Gasteiger partial charge in [0.05, 0.1) is 11.8 Å². The van der Waals surface area contributed by atoms with Gasteiger partial charge in [-0.3, -0.25) is 0 Å². The Morgan fingerprint density at radius 3 is 2.89 bits per heavy atom. The fraction of sp³-hybridized carbons (Fsp3) is 0.312. The van der Waals surface area contributed by atoms with Crippen molar-refractivity contribution in [3.63, 3.8) is 0 Å². The summed E-state index contributed by atoms with van der Waals surface area (Å²) in [5.74, 6) is -0.307. The third-order valence-electron chi connectivity index (χ3n) is 3.09. The zero-order chi connectivity index (χ0) is 13.7. The molecule has 0 bridgehead atoms. The molecule has 0 saturated carbocycles. The zero-order valence-corrected chi connectivity index (χ0v) is 11.1. The predicted octanol–water partition coefficient (Wildman–Crippen LogP) is 3.48. The maximum absolute atomic E-state index is 11.8. The molecule has 0 fully saturated rings. The number of benzene rings is 1. The van der Waals surface area contributed by atoms with Gasteiger partial charge in [-0.05, 0) is 19.1 Å². The molecular weight excluding hydrogens is 240 g/mol. The van der Waals surface area contributed by atoms with Crippen LogP contribution in [0.1, 0.15) is 30.1 Å². The van der Waals surface area contributed by atoms with Gasteiger partial charge in [0.1, 0.15) is 12.2 Å². The van der Waals surface area contributed by atoms with Crippen LogP contribution in [0.4, 0.5) is 0 Å². The summed E-state index contributed by atoms with van der Waals surface area (Å²) in [7, 11) is 0. The maximum atomic E-state index is 11.8. The van der Waals surface area contributed by atoms with Gasteiger partial charge in [0.2, 0.25) is 0 Å². The first kappa shape index (κ1) is 13.4. The minimum Gasteiger partial charge on any atom is -0.494 e. The summed E-state index contributed by atoms with van der Waals surface area (Å²) >= 11 is 0. The molecular formula is C16H18O3. The monoisotopic (exact) mass is 258 g/mol. The minimum absolute atomic E-state index is 0.240. The molecule has 1 aromatic rings. The molecule has 0 spiro atoms. The summed E-state index contributed by atoms with van der Waals surface area (Å²) in [6.45, 7) is 6.02. The van der Waals surface area contributed by atoms with Crippen LogP contribution < -0.4 is 0 Å². The van der Waals surface area contributed by atoms with Gasteiger partial charge in [-0.2, -0.15) is 0 Å². The summed E-state index contributed by atoms with van der Waals surface area (Å²) in [5, 5.41) is 0. The Balaban J connectivity index is 1.84. The van der Waals surface area contributed by atoms with Gasteiger partial charge in [0.25, 0.3) is 0 Å². The Morgan fingerprint density at radius 2 is 2.21 bits per heavy atom. The van der Waals surface area contributed by atoms with Crippen molar-refractivity contribution in [1.82, 2.24) is 0 Å². The zero-order valence-electron chi connectivity index (χ0n) is 11.1. The predicted molar refractivity (Wildman–Crippen MR) is 73.7 cm³/mol. The third-order valence-corrected chi connectivity index (χ3v) is 3.09. The third kappa shape index (κ3) is 3.47. The van der Waals surface area contributed by atoms with Gasteiger partial charge >= 0.3 is 5.97 Å². The van der Waals surface area contributed by atoms with E-state index < -0.39 is 0 Å². The van der Waals surface area contributed by atoms with E-state index in [0.29, 0.717) is 5.56 Å². The molecule has 100 valence electrons. The van der Waals surface area contributed by atoms with E-state index >= 15 is 0 Å². The first-order valence-corrected chi connectivity index (χ1v) is 6.32. The first-order chi connectivity index (χ1) is 9.13. The van der Waals surface area contributed by atoms with Crippen LogP contribution in [0.3, 0.4) is 0 Å². The molecule has 1 aliphatic rings. The number of hydrogen-bond acceptors (Lipinski definition) is 3. The Hall–Kier alpha value is -2.03. The van der Waals surface area contributed by atoms with E-state index in [-0.39, 0.29) is 18.2 Å². The second-order valence-corrected chi connectivity index (χ2v) is 4.96. The molecule has 0 aliphatic carbocycles. The number of esters is 1. The highest BCUT2D eigenvalue weighted by atomic mass is 16.5. The highest BCUT2D eigenvalue weighted by Crippen LogP contribution is 2.31. The van der Waals surface area contributed by atoms with Crippen LogP contribution in [-0.4, -0.2) is 18.2 Å². The number of rotatable bonds is 5. The standard InChI is InChI=1S/C16H18O3/c1-3-9-16(2)10-13(12-19-16)11-18-15(17)14-7-5-4-6-8-14/h3-8,12H,1,9-11H2,2H3. The molecule has 3 nitrogen and oxygen atoms in total. The molecule has 0 radical (unpaired) electrons. The number of carbonyl (C=O) groups is 1. The topological polar surface area (TPSA) is 35.5 Å². The SMILES string of the molecule is C=CCC1(C)CC(COC(=O)c2ccccc2)=CO1. The summed E-state index contributed by atoms with van der Waals surface area (Å²) in [4.78, 5) is 11.8. The molecule has 1 heterocycles. The van der Waals surface area contributed by atoms with Crippen molar-refractivity contribution in [2.45, 2.75) is 25.4 Å². The van der Waals surface area contributed by atoms with E-state index in [9.17, 15) is 4.79 Å². The van der Waals surface area contributed by atoms with Crippen molar-refractivity contribution < 1.29 is 14.3 Å². The van der Waals surface area contributed by atoms with Gasteiger partial charge in [-0.25, -0.2) is 4.79 Å². The molecule has 2 rings (SSSR count). The lowest BCUT2D eigenvalue weighted by atomic mass is 9.96. The molecule has 0 amide bonds. The van der Waals surface area contributed by atoms with Gasteiger partial charge in [-0.15, -0.1) is 6.58 Å². The Bertz CT molecular complexity index is 490. The number of ether oxygens (including phenoxy) is 2. The van der Waals surface area contributed by atoms with Crippen LogP contribution in [0.25, 0.3) is 0 Å². The van der Waals surface area contributed by atoms with Crippen molar-refractivity contribution in [2.24, 2.45) is 0 Å². The van der Waals surface area contributed by atoms with Crippen molar-refractivity contribution in [1.29, 1.82) is 0 Å². The van der Waals surface area contributed by atoms with E-state index in [2.05, 4.69) is 6.58 Å². The van der Waals surface area contributed by atoms with Crippen molar-refractivity contribution in [2.75, 3.05) is 6.61 Å². The van der Waals surface area contributed by atoms with Crippen LogP contribution in [-0.2, 0) is 9.47 Å². The second kappa shape index (κ2) is 5.74. The van der Waals surface area contributed by atoms with Gasteiger partial charge in [-0.1, -0.05) is 24.3 Å². The van der Waals surface area contributed by atoms with Crippen molar-refractivity contribution in [3.8, 4) is 0 Å². The van der Waals surface area contributed by atoms with Crippen LogP contribution in [0, 0.1) is 0 Å². The highest BCUT2D eigenvalue weighted by molar-refractivity contribution is 5.89. The lowest BCUT2D eigenvalue weighted by molar-refractivity contribution is 0.0526. The van der Waals surface area contributed by atoms with Crippen LogP contribution in [0.2, 0.25) is 0 Å². The van der Waals surface area contributed by atoms with E-state index in [1.165, 1.54) is 0 Å². The molecule has 0 saturated heterocycles. The highest BCUT2D eigenvalue weighted by Gasteiger charge is 2.30. The molecule has 1 unspecified atom stereocenters. The number of carbonyl (C=O) groups excluding carboxylic acids is 1. The summed E-state index contributed by atoms with van der Waals surface area (Å²) in [5.41, 5.74) is 1.32. The minimum atomic E-state index is -0.307. The quantitative estimate of drug-likeness (QED) is 0.599. The summed E-state index contributed by atoms with van der Waals surface area (Å²) < 4.78 is 10.9. The molecule has 3 heteroatoms. The molecule has 19 heavy (non-hydrogen) atoms. The smallest absolute Gasteiger partial charge is 0.338 e. The van der Waals surface area contributed by atoms with Gasteiger partial charge < -0.3 is 9.47 Å². The van der Waals surface area contributed by atoms with E-state index in [1.807, 2.05) is 31.2 Å².